The van der Waals surface area contributed by atoms with Crippen LogP contribution in [0.5, 0.6) is 0 Å². The predicted octanol–water partition coefficient (Wildman–Crippen LogP) is 6.95. The molecule has 0 fully saturated rings. The van der Waals surface area contributed by atoms with Crippen LogP contribution >= 0.6 is 0 Å². The topological polar surface area (TPSA) is 34.1 Å². The van der Waals surface area contributed by atoms with E-state index in [9.17, 15) is 9.59 Å². The van der Waals surface area contributed by atoms with Crippen LogP contribution in [-0.2, 0) is 9.59 Å². The highest BCUT2D eigenvalue weighted by molar-refractivity contribution is 6.14. The molecule has 0 radical (unpaired) electrons. The molecule has 0 aromatic heterocycles. The van der Waals surface area contributed by atoms with E-state index in [0.717, 1.165) is 44.6 Å². The molecule has 0 unspecified atom stereocenters. The predicted molar refractivity (Wildman–Crippen MR) is 132 cm³/mol. The number of rotatable bonds is 3. The Morgan fingerprint density at radius 1 is 0.594 bits per heavy atom. The molecule has 0 saturated heterocycles. The van der Waals surface area contributed by atoms with Crippen molar-refractivity contribution in [3.05, 3.63) is 92.2 Å². The average Bonchev–Trinajstić information content (AvgIpc) is 2.99. The van der Waals surface area contributed by atoms with Gasteiger partial charge in [-0.05, 0) is 85.1 Å². The molecule has 2 atom stereocenters. The van der Waals surface area contributed by atoms with Crippen molar-refractivity contribution in [1.82, 2.24) is 0 Å². The molecule has 0 aromatic rings. The fourth-order valence-corrected chi connectivity index (χ4v) is 5.43. The SMILES string of the molecule is CC1=CC(=O)C2=C(C)[C@H]([C@H]3C=C(C(C)C)C=C4C(C)=CC(=O)C4=C3C)C=C(C(C)C)C=C12. The molecule has 0 spiro atoms. The Balaban J connectivity index is 1.97. The third-order valence-electron chi connectivity index (χ3n) is 7.45. The van der Waals surface area contributed by atoms with Gasteiger partial charge in [0.1, 0.15) is 0 Å². The fraction of sp³-hybridized carbons (Fsp3) is 0.400. The van der Waals surface area contributed by atoms with Crippen LogP contribution in [0.25, 0.3) is 0 Å². The Kier molecular flexibility index (Phi) is 5.61. The molecule has 0 N–H and O–H groups in total. The van der Waals surface area contributed by atoms with Crippen LogP contribution in [0.4, 0.5) is 0 Å². The standard InChI is InChI=1S/C30H34O2/c1-15(2)21-11-23-17(5)9-27(31)29(23)19(7)25(13-21)26-14-22(16(3)4)12-24-18(6)10-28(32)30(24)20(26)8/h9-16,25-26H,1-8H3/t25-,26+. The summed E-state index contributed by atoms with van der Waals surface area (Å²) < 4.78 is 0. The maximum Gasteiger partial charge on any atom is 0.186 e. The van der Waals surface area contributed by atoms with E-state index in [1.807, 2.05) is 13.8 Å². The first kappa shape index (κ1) is 22.5. The molecule has 0 heterocycles. The van der Waals surface area contributed by atoms with Crippen molar-refractivity contribution in [2.24, 2.45) is 23.7 Å². The number of hydrogen-bond acceptors (Lipinski definition) is 2. The van der Waals surface area contributed by atoms with E-state index >= 15 is 0 Å². The van der Waals surface area contributed by atoms with Crippen LogP contribution in [-0.4, -0.2) is 11.6 Å². The number of fused-ring (bicyclic) bond motifs is 2. The van der Waals surface area contributed by atoms with Gasteiger partial charge in [0, 0.05) is 23.0 Å². The van der Waals surface area contributed by atoms with Gasteiger partial charge in [0.15, 0.2) is 11.6 Å². The summed E-state index contributed by atoms with van der Waals surface area (Å²) in [4.78, 5) is 26.0. The zero-order valence-corrected chi connectivity index (χ0v) is 20.6. The summed E-state index contributed by atoms with van der Waals surface area (Å²) in [6.07, 6.45) is 12.7. The van der Waals surface area contributed by atoms with Crippen molar-refractivity contribution in [3.63, 3.8) is 0 Å². The van der Waals surface area contributed by atoms with E-state index in [0.29, 0.717) is 11.8 Å². The largest absolute Gasteiger partial charge is 0.289 e. The molecular weight excluding hydrogens is 392 g/mol. The molecule has 0 amide bonds. The number of allylic oxidation sites excluding steroid dienone is 16. The lowest BCUT2D eigenvalue weighted by atomic mass is 9.76. The van der Waals surface area contributed by atoms with Gasteiger partial charge in [-0.3, -0.25) is 9.59 Å². The highest BCUT2D eigenvalue weighted by atomic mass is 16.1. The van der Waals surface area contributed by atoms with Crippen LogP contribution in [0, 0.1) is 23.7 Å². The smallest absolute Gasteiger partial charge is 0.186 e. The summed E-state index contributed by atoms with van der Waals surface area (Å²) in [5.41, 5.74) is 10.6. The van der Waals surface area contributed by atoms with Crippen molar-refractivity contribution >= 4 is 11.6 Å². The molecular formula is C30H34O2. The monoisotopic (exact) mass is 426 g/mol. The van der Waals surface area contributed by atoms with Gasteiger partial charge in [-0.15, -0.1) is 0 Å². The summed E-state index contributed by atoms with van der Waals surface area (Å²) in [6, 6.07) is 0. The summed E-state index contributed by atoms with van der Waals surface area (Å²) in [7, 11) is 0. The second kappa shape index (κ2) is 7.99. The maximum atomic E-state index is 13.0. The molecule has 0 aliphatic heterocycles. The van der Waals surface area contributed by atoms with Gasteiger partial charge in [0.2, 0.25) is 0 Å². The zero-order chi connectivity index (χ0) is 23.5. The molecule has 4 rings (SSSR count). The molecule has 166 valence electrons. The van der Waals surface area contributed by atoms with Gasteiger partial charge in [-0.25, -0.2) is 0 Å². The molecule has 2 nitrogen and oxygen atoms in total. The van der Waals surface area contributed by atoms with Crippen molar-refractivity contribution < 1.29 is 9.59 Å². The average molecular weight is 427 g/mol. The van der Waals surface area contributed by atoms with Crippen molar-refractivity contribution in [1.29, 1.82) is 0 Å². The van der Waals surface area contributed by atoms with E-state index < -0.39 is 0 Å². The summed E-state index contributed by atoms with van der Waals surface area (Å²) in [5.74, 6) is 0.964. The molecule has 2 heteroatoms. The molecule has 0 saturated carbocycles. The van der Waals surface area contributed by atoms with Gasteiger partial charge in [-0.1, -0.05) is 63.1 Å². The van der Waals surface area contributed by atoms with Crippen molar-refractivity contribution in [3.8, 4) is 0 Å². The van der Waals surface area contributed by atoms with Crippen molar-refractivity contribution in [2.75, 3.05) is 0 Å². The molecule has 0 aromatic carbocycles. The third kappa shape index (κ3) is 3.50. The lowest BCUT2D eigenvalue weighted by molar-refractivity contribution is -0.111. The van der Waals surface area contributed by atoms with E-state index in [-0.39, 0.29) is 23.4 Å². The minimum absolute atomic E-state index is 0.0297. The number of hydrogen-bond donors (Lipinski definition) is 0. The Morgan fingerprint density at radius 2 is 0.938 bits per heavy atom. The Labute approximate surface area is 192 Å². The molecule has 4 aliphatic rings. The first-order chi connectivity index (χ1) is 15.0. The van der Waals surface area contributed by atoms with Crippen LogP contribution in [0.15, 0.2) is 92.2 Å². The Bertz CT molecular complexity index is 1090. The summed E-state index contributed by atoms with van der Waals surface area (Å²) in [5, 5.41) is 0. The van der Waals surface area contributed by atoms with Gasteiger partial charge in [-0.2, -0.15) is 0 Å². The third-order valence-corrected chi connectivity index (χ3v) is 7.45. The molecule has 0 bridgehead atoms. The van der Waals surface area contributed by atoms with E-state index in [1.165, 1.54) is 11.1 Å². The van der Waals surface area contributed by atoms with Gasteiger partial charge < -0.3 is 0 Å². The number of carbonyl (C=O) groups excluding carboxylic acids is 2. The quantitative estimate of drug-likeness (QED) is 0.489. The summed E-state index contributed by atoms with van der Waals surface area (Å²) in [6.45, 7) is 17.1. The lowest BCUT2D eigenvalue weighted by Crippen LogP contribution is -2.19. The second-order valence-electron chi connectivity index (χ2n) is 10.3. The van der Waals surface area contributed by atoms with Crippen LogP contribution in [0.1, 0.15) is 55.4 Å². The lowest BCUT2D eigenvalue weighted by Gasteiger charge is -2.27. The molecule has 4 aliphatic carbocycles. The zero-order valence-electron chi connectivity index (χ0n) is 20.6. The van der Waals surface area contributed by atoms with Gasteiger partial charge >= 0.3 is 0 Å². The van der Waals surface area contributed by atoms with Crippen LogP contribution < -0.4 is 0 Å². The minimum atomic E-state index is 0.0297. The second-order valence-corrected chi connectivity index (χ2v) is 10.3. The van der Waals surface area contributed by atoms with E-state index in [2.05, 4.69) is 65.8 Å². The number of carbonyl (C=O) groups is 2. The number of ketones is 2. The van der Waals surface area contributed by atoms with Crippen LogP contribution in [0.3, 0.4) is 0 Å². The van der Waals surface area contributed by atoms with E-state index in [4.69, 9.17) is 0 Å². The minimum Gasteiger partial charge on any atom is -0.289 e. The van der Waals surface area contributed by atoms with Gasteiger partial charge in [0.05, 0.1) is 0 Å². The first-order valence-corrected chi connectivity index (χ1v) is 11.8. The summed E-state index contributed by atoms with van der Waals surface area (Å²) >= 11 is 0. The first-order valence-electron chi connectivity index (χ1n) is 11.8. The Morgan fingerprint density at radius 3 is 1.25 bits per heavy atom. The van der Waals surface area contributed by atoms with Crippen LogP contribution in [0.2, 0.25) is 0 Å². The highest BCUT2D eigenvalue weighted by Gasteiger charge is 2.36. The normalized spacial score (nSPS) is 25.8. The van der Waals surface area contributed by atoms with E-state index in [1.54, 1.807) is 12.2 Å². The van der Waals surface area contributed by atoms with Crippen molar-refractivity contribution in [2.45, 2.75) is 55.4 Å². The highest BCUT2D eigenvalue weighted by Crippen LogP contribution is 2.46. The maximum absolute atomic E-state index is 13.0. The fourth-order valence-electron chi connectivity index (χ4n) is 5.43. The van der Waals surface area contributed by atoms with Gasteiger partial charge in [0.25, 0.3) is 0 Å². The molecule has 32 heavy (non-hydrogen) atoms. The Hall–Kier alpha value is -2.74.